The molecule has 0 fully saturated rings. The van der Waals surface area contributed by atoms with E-state index in [9.17, 15) is 30.7 Å². The lowest BCUT2D eigenvalue weighted by Gasteiger charge is -2.13. The quantitative estimate of drug-likeness (QED) is 0.431. The Balaban J connectivity index is 2.13. The summed E-state index contributed by atoms with van der Waals surface area (Å²) in [4.78, 5) is 0. The van der Waals surface area contributed by atoms with Crippen molar-refractivity contribution in [2.75, 3.05) is 0 Å². The lowest BCUT2D eigenvalue weighted by molar-refractivity contribution is -0.276. The first-order valence-corrected chi connectivity index (χ1v) is 8.26. The van der Waals surface area contributed by atoms with Crippen molar-refractivity contribution < 1.29 is 35.5 Å². The maximum atomic E-state index is 14.4. The van der Waals surface area contributed by atoms with Gasteiger partial charge in [-0.1, -0.05) is 25.5 Å². The number of hydrogen-bond acceptors (Lipinski definition) is 1. The lowest BCUT2D eigenvalue weighted by Crippen LogP contribution is -2.19. The monoisotopic (exact) mass is 402 g/mol. The topological polar surface area (TPSA) is 9.23 Å². The van der Waals surface area contributed by atoms with Crippen molar-refractivity contribution in [1.29, 1.82) is 0 Å². The van der Waals surface area contributed by atoms with Crippen LogP contribution in [0.1, 0.15) is 18.9 Å². The molecule has 8 heteroatoms. The van der Waals surface area contributed by atoms with Gasteiger partial charge in [0.2, 0.25) is 5.75 Å². The molecular formula is C20H13F7O. The molecule has 3 aromatic rings. The molecular weight excluding hydrogens is 389 g/mol. The van der Waals surface area contributed by atoms with Gasteiger partial charge < -0.3 is 4.74 Å². The Morgan fingerprint density at radius 2 is 1.50 bits per heavy atom. The van der Waals surface area contributed by atoms with Gasteiger partial charge in [-0.15, -0.1) is 13.2 Å². The van der Waals surface area contributed by atoms with Crippen molar-refractivity contribution in [2.45, 2.75) is 26.1 Å². The first-order chi connectivity index (χ1) is 13.1. The molecule has 0 bridgehead atoms. The summed E-state index contributed by atoms with van der Waals surface area (Å²) < 4.78 is 97.4. The summed E-state index contributed by atoms with van der Waals surface area (Å²) in [5.74, 6) is -6.42. The van der Waals surface area contributed by atoms with E-state index in [1.54, 1.807) is 0 Å². The summed E-state index contributed by atoms with van der Waals surface area (Å²) in [7, 11) is 0. The van der Waals surface area contributed by atoms with Gasteiger partial charge in [-0.3, -0.25) is 0 Å². The highest BCUT2D eigenvalue weighted by Gasteiger charge is 2.34. The SMILES string of the molecule is CCCc1cc(F)c(-c2ccc3c(F)c(OC(F)(F)F)c(F)cc3c2)c(F)c1. The van der Waals surface area contributed by atoms with Crippen molar-refractivity contribution in [3.05, 3.63) is 65.2 Å². The van der Waals surface area contributed by atoms with Crippen molar-refractivity contribution in [3.8, 4) is 16.9 Å². The molecule has 0 unspecified atom stereocenters. The third-order valence-corrected chi connectivity index (χ3v) is 4.13. The fourth-order valence-electron chi connectivity index (χ4n) is 3.01. The van der Waals surface area contributed by atoms with Crippen molar-refractivity contribution in [1.82, 2.24) is 0 Å². The maximum absolute atomic E-state index is 14.4. The van der Waals surface area contributed by atoms with E-state index in [1.165, 1.54) is 12.1 Å². The van der Waals surface area contributed by atoms with E-state index in [4.69, 9.17) is 0 Å². The van der Waals surface area contributed by atoms with Crippen LogP contribution in [0.15, 0.2) is 36.4 Å². The van der Waals surface area contributed by atoms with Gasteiger partial charge in [-0.25, -0.2) is 17.6 Å². The minimum atomic E-state index is -5.28. The van der Waals surface area contributed by atoms with E-state index >= 15 is 0 Å². The third-order valence-electron chi connectivity index (χ3n) is 4.13. The third kappa shape index (κ3) is 3.90. The Morgan fingerprint density at radius 1 is 0.857 bits per heavy atom. The van der Waals surface area contributed by atoms with Crippen LogP contribution in [0.3, 0.4) is 0 Å². The number of rotatable bonds is 4. The number of aryl methyl sites for hydroxylation is 1. The molecule has 0 heterocycles. The zero-order valence-corrected chi connectivity index (χ0v) is 14.4. The summed E-state index contributed by atoms with van der Waals surface area (Å²) in [6.07, 6.45) is -4.11. The molecule has 0 N–H and O–H groups in total. The van der Waals surface area contributed by atoms with Crippen LogP contribution in [0.5, 0.6) is 5.75 Å². The molecule has 0 aliphatic rings. The first-order valence-electron chi connectivity index (χ1n) is 8.26. The molecule has 0 amide bonds. The van der Waals surface area contributed by atoms with Crippen molar-refractivity contribution in [3.63, 3.8) is 0 Å². The highest BCUT2D eigenvalue weighted by Crippen LogP contribution is 2.36. The second-order valence-electron chi connectivity index (χ2n) is 6.17. The molecule has 0 atom stereocenters. The van der Waals surface area contributed by atoms with Crippen LogP contribution in [0, 0.1) is 23.3 Å². The number of halogens is 7. The van der Waals surface area contributed by atoms with Crippen LogP contribution < -0.4 is 4.74 Å². The predicted octanol–water partition coefficient (Wildman–Crippen LogP) is 6.91. The van der Waals surface area contributed by atoms with Gasteiger partial charge in [0.05, 0.1) is 5.56 Å². The molecule has 3 aromatic carbocycles. The molecule has 0 aromatic heterocycles. The average molecular weight is 402 g/mol. The predicted molar refractivity (Wildman–Crippen MR) is 89.9 cm³/mol. The van der Waals surface area contributed by atoms with Gasteiger partial charge in [0.15, 0.2) is 11.6 Å². The highest BCUT2D eigenvalue weighted by molar-refractivity contribution is 5.89. The van der Waals surface area contributed by atoms with Crippen LogP contribution in [-0.4, -0.2) is 6.36 Å². The van der Waals surface area contributed by atoms with E-state index in [1.807, 2.05) is 6.92 Å². The Hall–Kier alpha value is -2.77. The van der Waals surface area contributed by atoms with Gasteiger partial charge in [-0.05, 0) is 47.2 Å². The zero-order valence-electron chi connectivity index (χ0n) is 14.4. The standard InChI is InChI=1S/C20H13F7O/c1-2-3-10-6-14(21)17(15(22)7-10)11-4-5-13-12(8-11)9-16(23)19(18(13)24)28-20(25,26)27/h4-9H,2-3H2,1H3. The molecule has 1 nitrogen and oxygen atoms in total. The van der Waals surface area contributed by atoms with E-state index in [0.29, 0.717) is 24.5 Å². The van der Waals surface area contributed by atoms with E-state index in [-0.39, 0.29) is 16.3 Å². The smallest absolute Gasteiger partial charge is 0.399 e. The van der Waals surface area contributed by atoms with Crippen LogP contribution in [0.2, 0.25) is 0 Å². The van der Waals surface area contributed by atoms with Gasteiger partial charge in [0, 0.05) is 5.39 Å². The molecule has 0 radical (unpaired) electrons. The molecule has 0 aliphatic heterocycles. The summed E-state index contributed by atoms with van der Waals surface area (Å²) in [6.45, 7) is 1.85. The minimum Gasteiger partial charge on any atom is -0.399 e. The second kappa shape index (κ2) is 7.33. The fourth-order valence-corrected chi connectivity index (χ4v) is 3.01. The van der Waals surface area contributed by atoms with Crippen LogP contribution in [0.25, 0.3) is 21.9 Å². The first kappa shape index (κ1) is 20.0. The van der Waals surface area contributed by atoms with Crippen LogP contribution in [-0.2, 0) is 6.42 Å². The van der Waals surface area contributed by atoms with Crippen LogP contribution in [0.4, 0.5) is 30.7 Å². The van der Waals surface area contributed by atoms with E-state index in [2.05, 4.69) is 4.74 Å². The summed E-state index contributed by atoms with van der Waals surface area (Å²) >= 11 is 0. The average Bonchev–Trinajstić information content (AvgIpc) is 2.57. The molecule has 3 rings (SSSR count). The van der Waals surface area contributed by atoms with Crippen molar-refractivity contribution in [2.24, 2.45) is 0 Å². The molecule has 0 saturated heterocycles. The summed E-state index contributed by atoms with van der Waals surface area (Å²) in [5, 5.41) is -0.550. The van der Waals surface area contributed by atoms with Crippen LogP contribution >= 0.6 is 0 Å². The number of hydrogen-bond donors (Lipinski definition) is 0. The number of alkyl halides is 3. The molecule has 28 heavy (non-hydrogen) atoms. The Bertz CT molecular complexity index is 1020. The molecule has 0 aliphatic carbocycles. The Kier molecular flexibility index (Phi) is 5.23. The largest absolute Gasteiger partial charge is 0.573 e. The summed E-state index contributed by atoms with van der Waals surface area (Å²) in [6, 6.07) is 6.22. The van der Waals surface area contributed by atoms with Crippen molar-refractivity contribution >= 4 is 10.8 Å². The van der Waals surface area contributed by atoms with Gasteiger partial charge >= 0.3 is 6.36 Å². The highest BCUT2D eigenvalue weighted by atomic mass is 19.4. The number of ether oxygens (including phenoxy) is 1. The second-order valence-corrected chi connectivity index (χ2v) is 6.17. The zero-order chi connectivity index (χ0) is 20.6. The van der Waals surface area contributed by atoms with E-state index in [0.717, 1.165) is 18.2 Å². The van der Waals surface area contributed by atoms with Gasteiger partial charge in [0.25, 0.3) is 0 Å². The minimum absolute atomic E-state index is 0.00571. The van der Waals surface area contributed by atoms with E-state index < -0.39 is 40.9 Å². The normalized spacial score (nSPS) is 11.9. The molecule has 0 spiro atoms. The van der Waals surface area contributed by atoms with Gasteiger partial charge in [-0.2, -0.15) is 0 Å². The molecule has 148 valence electrons. The summed E-state index contributed by atoms with van der Waals surface area (Å²) in [5.41, 5.74) is 0.0695. The number of benzene rings is 3. The molecule has 0 saturated carbocycles. The Morgan fingerprint density at radius 3 is 2.07 bits per heavy atom. The Labute approximate surface area is 155 Å². The maximum Gasteiger partial charge on any atom is 0.573 e. The number of fused-ring (bicyclic) bond motifs is 1. The van der Waals surface area contributed by atoms with Gasteiger partial charge in [0.1, 0.15) is 11.6 Å². The lowest BCUT2D eigenvalue weighted by atomic mass is 9.97. The fraction of sp³-hybridized carbons (Fsp3) is 0.200.